The maximum Gasteiger partial charge on any atom is 0.306 e. The summed E-state index contributed by atoms with van der Waals surface area (Å²) >= 11 is 0. The molecule has 0 saturated heterocycles. The van der Waals surface area contributed by atoms with Gasteiger partial charge in [0.1, 0.15) is 13.2 Å². The monoisotopic (exact) mass is 765 g/mol. The van der Waals surface area contributed by atoms with E-state index in [9.17, 15) is 14.4 Å². The van der Waals surface area contributed by atoms with Crippen molar-refractivity contribution >= 4 is 17.9 Å². The van der Waals surface area contributed by atoms with Gasteiger partial charge in [-0.25, -0.2) is 0 Å². The lowest BCUT2D eigenvalue weighted by atomic mass is 10.1. The number of ether oxygens (including phenoxy) is 3. The second kappa shape index (κ2) is 43.3. The second-order valence-corrected chi connectivity index (χ2v) is 14.2. The van der Waals surface area contributed by atoms with Crippen LogP contribution < -0.4 is 0 Å². The van der Waals surface area contributed by atoms with Crippen molar-refractivity contribution in [1.29, 1.82) is 0 Å². The Morgan fingerprint density at radius 1 is 0.382 bits per heavy atom. The van der Waals surface area contributed by atoms with Gasteiger partial charge in [-0.2, -0.15) is 0 Å². The molecule has 0 aliphatic carbocycles. The van der Waals surface area contributed by atoms with Crippen LogP contribution >= 0.6 is 0 Å². The summed E-state index contributed by atoms with van der Waals surface area (Å²) < 4.78 is 16.5. The van der Waals surface area contributed by atoms with Gasteiger partial charge >= 0.3 is 17.9 Å². The Morgan fingerprint density at radius 3 is 1.22 bits per heavy atom. The summed E-state index contributed by atoms with van der Waals surface area (Å²) in [5, 5.41) is 0. The quantitative estimate of drug-likeness (QED) is 0.0270. The Hall–Kier alpha value is -3.41. The van der Waals surface area contributed by atoms with Gasteiger partial charge < -0.3 is 14.2 Å². The fourth-order valence-electron chi connectivity index (χ4n) is 5.56. The molecule has 6 nitrogen and oxygen atoms in total. The summed E-state index contributed by atoms with van der Waals surface area (Å²) in [6.07, 6.45) is 54.6. The van der Waals surface area contributed by atoms with Crippen LogP contribution in [0.4, 0.5) is 0 Å². The molecular formula is C49H80O6. The molecule has 0 fully saturated rings. The molecule has 0 aromatic heterocycles. The molecule has 1 unspecified atom stereocenters. The van der Waals surface area contributed by atoms with Crippen molar-refractivity contribution in [1.82, 2.24) is 0 Å². The molecule has 6 heteroatoms. The molecule has 0 heterocycles. The van der Waals surface area contributed by atoms with E-state index in [1.807, 2.05) is 0 Å². The van der Waals surface area contributed by atoms with Gasteiger partial charge in [0.2, 0.25) is 0 Å². The number of hydrogen-bond donors (Lipinski definition) is 0. The van der Waals surface area contributed by atoms with E-state index in [1.54, 1.807) is 0 Å². The molecule has 312 valence electrons. The Balaban J connectivity index is 4.38. The fourth-order valence-corrected chi connectivity index (χ4v) is 5.56. The third-order valence-electron chi connectivity index (χ3n) is 8.88. The molecule has 55 heavy (non-hydrogen) atoms. The van der Waals surface area contributed by atoms with E-state index < -0.39 is 6.10 Å². The smallest absolute Gasteiger partial charge is 0.306 e. The lowest BCUT2D eigenvalue weighted by Gasteiger charge is -2.18. The van der Waals surface area contributed by atoms with Crippen molar-refractivity contribution in [3.05, 3.63) is 85.1 Å². The first-order valence-electron chi connectivity index (χ1n) is 22.1. The summed E-state index contributed by atoms with van der Waals surface area (Å²) in [4.78, 5) is 37.4. The van der Waals surface area contributed by atoms with Crippen LogP contribution in [0.2, 0.25) is 0 Å². The zero-order valence-electron chi connectivity index (χ0n) is 35.4. The number of unbranched alkanes of at least 4 members (excludes halogenated alkanes) is 13. The van der Waals surface area contributed by atoms with Crippen LogP contribution in [-0.2, 0) is 28.6 Å². The lowest BCUT2D eigenvalue weighted by molar-refractivity contribution is -0.167. The predicted octanol–water partition coefficient (Wildman–Crippen LogP) is 14.1. The summed E-state index contributed by atoms with van der Waals surface area (Å²) in [6, 6.07) is 0. The second-order valence-electron chi connectivity index (χ2n) is 14.2. The SMILES string of the molecule is CC/C=C\C/C=C\C/C=C\C/C=C\C/C=C\CCCC(=O)OCC(COC(=O)CCCCCCC)OC(=O)CCCCCCC/C=C\C/C=C\CCCCC. The highest BCUT2D eigenvalue weighted by Crippen LogP contribution is 2.11. The van der Waals surface area contributed by atoms with Crippen molar-refractivity contribution < 1.29 is 28.6 Å². The summed E-state index contributed by atoms with van der Waals surface area (Å²) in [6.45, 7) is 6.32. The Bertz CT molecular complexity index is 1110. The number of carbonyl (C=O) groups excluding carboxylic acids is 3. The third-order valence-corrected chi connectivity index (χ3v) is 8.88. The molecule has 0 aliphatic rings. The van der Waals surface area contributed by atoms with Crippen LogP contribution in [0.5, 0.6) is 0 Å². The Kier molecular flexibility index (Phi) is 40.6. The van der Waals surface area contributed by atoms with Crippen molar-refractivity contribution in [2.45, 2.75) is 194 Å². The minimum absolute atomic E-state index is 0.102. The zero-order valence-corrected chi connectivity index (χ0v) is 35.4. The average Bonchev–Trinajstić information content (AvgIpc) is 3.18. The molecule has 0 saturated carbocycles. The van der Waals surface area contributed by atoms with Crippen molar-refractivity contribution in [3.63, 3.8) is 0 Å². The van der Waals surface area contributed by atoms with E-state index in [0.717, 1.165) is 116 Å². The lowest BCUT2D eigenvalue weighted by Crippen LogP contribution is -2.30. The van der Waals surface area contributed by atoms with Gasteiger partial charge in [0.05, 0.1) is 0 Å². The largest absolute Gasteiger partial charge is 0.462 e. The standard InChI is InChI=1S/C49H80O6/c1-4-7-10-13-15-17-19-21-23-24-26-27-29-31-33-36-39-42-48(51)54-45-46(44-53-47(50)41-38-35-12-9-6-3)55-49(52)43-40-37-34-32-30-28-25-22-20-18-16-14-11-8-5-2/h7,10,15-18,21-23,25-27,31,33,46H,4-6,8-9,11-14,19-20,24,28-30,32,34-45H2,1-3H3/b10-7-,17-15-,18-16-,23-21-,25-22-,27-26-,33-31-. The minimum atomic E-state index is -0.801. The first-order chi connectivity index (χ1) is 27.0. The third kappa shape index (κ3) is 41.6. The van der Waals surface area contributed by atoms with Gasteiger partial charge in [-0.3, -0.25) is 14.4 Å². The van der Waals surface area contributed by atoms with Crippen LogP contribution in [-0.4, -0.2) is 37.2 Å². The first-order valence-corrected chi connectivity index (χ1v) is 22.1. The van der Waals surface area contributed by atoms with E-state index in [4.69, 9.17) is 14.2 Å². The highest BCUT2D eigenvalue weighted by molar-refractivity contribution is 5.71. The predicted molar refractivity (Wildman–Crippen MR) is 233 cm³/mol. The van der Waals surface area contributed by atoms with Gasteiger partial charge in [0.15, 0.2) is 6.10 Å². The molecule has 0 bridgehead atoms. The first kappa shape index (κ1) is 51.6. The van der Waals surface area contributed by atoms with E-state index in [2.05, 4.69) is 106 Å². The van der Waals surface area contributed by atoms with Gasteiger partial charge in [-0.05, 0) is 89.9 Å². The minimum Gasteiger partial charge on any atom is -0.462 e. The molecule has 0 spiro atoms. The number of allylic oxidation sites excluding steroid dienone is 14. The molecular weight excluding hydrogens is 685 g/mol. The molecule has 0 aromatic rings. The van der Waals surface area contributed by atoms with Gasteiger partial charge in [-0.1, -0.05) is 164 Å². The fraction of sp³-hybridized carbons (Fsp3) is 0.653. The van der Waals surface area contributed by atoms with Crippen LogP contribution in [0.25, 0.3) is 0 Å². The van der Waals surface area contributed by atoms with E-state index in [0.29, 0.717) is 19.3 Å². The number of carbonyl (C=O) groups is 3. The van der Waals surface area contributed by atoms with Crippen LogP contribution in [0, 0.1) is 0 Å². The van der Waals surface area contributed by atoms with Crippen molar-refractivity contribution in [3.8, 4) is 0 Å². The number of esters is 3. The molecule has 0 aliphatic heterocycles. The normalized spacial score (nSPS) is 12.9. The maximum atomic E-state index is 12.7. The van der Waals surface area contributed by atoms with E-state index in [1.165, 1.54) is 25.7 Å². The number of rotatable bonds is 38. The Morgan fingerprint density at radius 2 is 0.727 bits per heavy atom. The molecule has 0 aromatic carbocycles. The summed E-state index contributed by atoms with van der Waals surface area (Å²) in [5.74, 6) is -1.00. The van der Waals surface area contributed by atoms with Crippen LogP contribution in [0.15, 0.2) is 85.1 Å². The Labute approximate surface area is 337 Å². The molecule has 0 N–H and O–H groups in total. The van der Waals surface area contributed by atoms with Gasteiger partial charge in [0.25, 0.3) is 0 Å². The summed E-state index contributed by atoms with van der Waals surface area (Å²) in [5.41, 5.74) is 0. The number of hydrogen-bond acceptors (Lipinski definition) is 6. The van der Waals surface area contributed by atoms with Crippen molar-refractivity contribution in [2.24, 2.45) is 0 Å². The van der Waals surface area contributed by atoms with Crippen LogP contribution in [0.1, 0.15) is 188 Å². The topological polar surface area (TPSA) is 78.9 Å². The highest BCUT2D eigenvalue weighted by atomic mass is 16.6. The van der Waals surface area contributed by atoms with E-state index in [-0.39, 0.29) is 37.5 Å². The van der Waals surface area contributed by atoms with Gasteiger partial charge in [0, 0.05) is 19.3 Å². The zero-order chi connectivity index (χ0) is 40.1. The average molecular weight is 765 g/mol. The molecule has 0 rings (SSSR count). The van der Waals surface area contributed by atoms with E-state index >= 15 is 0 Å². The highest BCUT2D eigenvalue weighted by Gasteiger charge is 2.19. The van der Waals surface area contributed by atoms with Crippen molar-refractivity contribution in [2.75, 3.05) is 13.2 Å². The maximum absolute atomic E-state index is 12.7. The van der Waals surface area contributed by atoms with Gasteiger partial charge in [-0.15, -0.1) is 0 Å². The summed E-state index contributed by atoms with van der Waals surface area (Å²) in [7, 11) is 0. The molecule has 0 amide bonds. The van der Waals surface area contributed by atoms with Crippen LogP contribution in [0.3, 0.4) is 0 Å². The molecule has 0 radical (unpaired) electrons. The molecule has 1 atom stereocenters.